The molecular formula is C15H30O5. The highest BCUT2D eigenvalue weighted by atomic mass is 16.5. The van der Waals surface area contributed by atoms with E-state index in [0.717, 1.165) is 19.3 Å². The second-order valence-corrected chi connectivity index (χ2v) is 5.23. The van der Waals surface area contributed by atoms with Crippen LogP contribution in [0.3, 0.4) is 0 Å². The van der Waals surface area contributed by atoms with Crippen molar-refractivity contribution in [2.75, 3.05) is 13.2 Å². The number of carbonyl (C=O) groups is 1. The minimum absolute atomic E-state index is 0.250. The van der Waals surface area contributed by atoms with Crippen LogP contribution in [0.1, 0.15) is 64.7 Å². The highest BCUT2D eigenvalue weighted by Crippen LogP contribution is 2.10. The Morgan fingerprint density at radius 3 is 2.25 bits per heavy atom. The molecule has 0 bridgehead atoms. The molecule has 0 fully saturated rings. The van der Waals surface area contributed by atoms with Crippen LogP contribution in [0, 0.1) is 0 Å². The lowest BCUT2D eigenvalue weighted by atomic mass is 10.1. The molecule has 0 radical (unpaired) electrons. The SMILES string of the molecule is CCCCCCCCC(=O)O[C@H](CO)CC[C@@H](O)CO. The molecule has 0 aliphatic carbocycles. The maximum Gasteiger partial charge on any atom is 0.306 e. The van der Waals surface area contributed by atoms with Crippen LogP contribution < -0.4 is 0 Å². The molecule has 0 saturated heterocycles. The molecule has 2 atom stereocenters. The standard InChI is InChI=1S/C15H30O5/c1-2-3-4-5-6-7-8-15(19)20-14(12-17)10-9-13(18)11-16/h13-14,16-18H,2-12H2,1H3/t13-,14+/m1/s1. The Morgan fingerprint density at radius 2 is 1.65 bits per heavy atom. The topological polar surface area (TPSA) is 87.0 Å². The molecule has 0 aromatic heterocycles. The minimum atomic E-state index is -0.818. The first-order valence-electron chi connectivity index (χ1n) is 7.73. The molecule has 0 aliphatic heterocycles. The maximum atomic E-state index is 11.6. The van der Waals surface area contributed by atoms with Crippen LogP contribution >= 0.6 is 0 Å². The molecule has 0 aliphatic rings. The number of unbranched alkanes of at least 4 members (excludes halogenated alkanes) is 5. The van der Waals surface area contributed by atoms with Crippen LogP contribution in [0.4, 0.5) is 0 Å². The van der Waals surface area contributed by atoms with Crippen LogP contribution in [0.5, 0.6) is 0 Å². The molecule has 20 heavy (non-hydrogen) atoms. The summed E-state index contributed by atoms with van der Waals surface area (Å²) in [6, 6.07) is 0. The third-order valence-electron chi connectivity index (χ3n) is 3.27. The maximum absolute atomic E-state index is 11.6. The summed E-state index contributed by atoms with van der Waals surface area (Å²) in [5.41, 5.74) is 0. The lowest BCUT2D eigenvalue weighted by Gasteiger charge is -2.16. The Hall–Kier alpha value is -0.650. The predicted octanol–water partition coefficient (Wildman–Crippen LogP) is 1.77. The molecule has 5 nitrogen and oxygen atoms in total. The van der Waals surface area contributed by atoms with Crippen molar-refractivity contribution in [3.05, 3.63) is 0 Å². The van der Waals surface area contributed by atoms with Gasteiger partial charge in [-0.1, -0.05) is 39.0 Å². The van der Waals surface area contributed by atoms with Gasteiger partial charge < -0.3 is 20.1 Å². The van der Waals surface area contributed by atoms with Gasteiger partial charge in [-0.2, -0.15) is 0 Å². The summed E-state index contributed by atoms with van der Waals surface area (Å²) in [6.07, 6.45) is 6.31. The summed E-state index contributed by atoms with van der Waals surface area (Å²) in [7, 11) is 0. The van der Waals surface area contributed by atoms with Crippen LogP contribution in [0.25, 0.3) is 0 Å². The molecule has 0 heterocycles. The quantitative estimate of drug-likeness (QED) is 0.355. The van der Waals surface area contributed by atoms with E-state index in [1.54, 1.807) is 0 Å². The van der Waals surface area contributed by atoms with Gasteiger partial charge in [-0.25, -0.2) is 0 Å². The van der Waals surface area contributed by atoms with Gasteiger partial charge >= 0.3 is 5.97 Å². The molecule has 5 heteroatoms. The van der Waals surface area contributed by atoms with E-state index in [9.17, 15) is 9.90 Å². The summed E-state index contributed by atoms with van der Waals surface area (Å²) in [4.78, 5) is 11.6. The summed E-state index contributed by atoms with van der Waals surface area (Å²) in [5, 5.41) is 27.0. The first-order chi connectivity index (χ1) is 9.63. The number of hydrogen-bond acceptors (Lipinski definition) is 5. The van der Waals surface area contributed by atoms with Crippen molar-refractivity contribution in [2.45, 2.75) is 76.9 Å². The van der Waals surface area contributed by atoms with E-state index >= 15 is 0 Å². The lowest BCUT2D eigenvalue weighted by Crippen LogP contribution is -2.24. The van der Waals surface area contributed by atoms with E-state index < -0.39 is 12.2 Å². The molecule has 0 saturated carbocycles. The lowest BCUT2D eigenvalue weighted by molar-refractivity contribution is -0.152. The highest BCUT2D eigenvalue weighted by Gasteiger charge is 2.15. The van der Waals surface area contributed by atoms with E-state index in [1.807, 2.05) is 0 Å². The molecule has 0 aromatic carbocycles. The average Bonchev–Trinajstić information content (AvgIpc) is 2.46. The molecule has 3 N–H and O–H groups in total. The zero-order chi connectivity index (χ0) is 15.2. The van der Waals surface area contributed by atoms with Gasteiger partial charge in [-0.15, -0.1) is 0 Å². The molecule has 120 valence electrons. The first-order valence-corrected chi connectivity index (χ1v) is 7.73. The Bertz CT molecular complexity index is 232. The summed E-state index contributed by atoms with van der Waals surface area (Å²) in [5.74, 6) is -0.293. The fourth-order valence-electron chi connectivity index (χ4n) is 1.95. The summed E-state index contributed by atoms with van der Waals surface area (Å²) < 4.78 is 5.14. The number of ether oxygens (including phenoxy) is 1. The monoisotopic (exact) mass is 290 g/mol. The number of hydrogen-bond donors (Lipinski definition) is 3. The molecule has 0 aromatic rings. The smallest absolute Gasteiger partial charge is 0.306 e. The van der Waals surface area contributed by atoms with Crippen molar-refractivity contribution in [1.29, 1.82) is 0 Å². The second kappa shape index (κ2) is 13.3. The van der Waals surface area contributed by atoms with Crippen molar-refractivity contribution in [2.24, 2.45) is 0 Å². The Labute approximate surface area is 122 Å². The molecule has 0 amide bonds. The fourth-order valence-corrected chi connectivity index (χ4v) is 1.95. The molecule has 0 rings (SSSR count). The van der Waals surface area contributed by atoms with E-state index in [-0.39, 0.29) is 19.2 Å². The number of carbonyl (C=O) groups excluding carboxylic acids is 1. The first kappa shape index (κ1) is 19.4. The predicted molar refractivity (Wildman–Crippen MR) is 77.3 cm³/mol. The van der Waals surface area contributed by atoms with Crippen molar-refractivity contribution in [3.8, 4) is 0 Å². The van der Waals surface area contributed by atoms with Crippen LogP contribution in [-0.2, 0) is 9.53 Å². The number of esters is 1. The number of aliphatic hydroxyl groups excluding tert-OH is 3. The van der Waals surface area contributed by atoms with Crippen LogP contribution in [0.2, 0.25) is 0 Å². The molecule has 0 spiro atoms. The van der Waals surface area contributed by atoms with Gasteiger partial charge in [-0.05, 0) is 19.3 Å². The van der Waals surface area contributed by atoms with Gasteiger partial charge in [0, 0.05) is 6.42 Å². The van der Waals surface area contributed by atoms with E-state index in [4.69, 9.17) is 14.9 Å². The third kappa shape index (κ3) is 11.2. The zero-order valence-corrected chi connectivity index (χ0v) is 12.6. The average molecular weight is 290 g/mol. The minimum Gasteiger partial charge on any atom is -0.460 e. The van der Waals surface area contributed by atoms with Crippen LogP contribution in [0.15, 0.2) is 0 Å². The molecular weight excluding hydrogens is 260 g/mol. The third-order valence-corrected chi connectivity index (χ3v) is 3.27. The van der Waals surface area contributed by atoms with Gasteiger partial charge in [0.25, 0.3) is 0 Å². The number of rotatable bonds is 13. The zero-order valence-electron chi connectivity index (χ0n) is 12.6. The Balaban J connectivity index is 3.64. The van der Waals surface area contributed by atoms with Gasteiger partial charge in [0.05, 0.1) is 19.3 Å². The van der Waals surface area contributed by atoms with Crippen molar-refractivity contribution in [3.63, 3.8) is 0 Å². The van der Waals surface area contributed by atoms with Gasteiger partial charge in [0.2, 0.25) is 0 Å². The van der Waals surface area contributed by atoms with E-state index in [1.165, 1.54) is 19.3 Å². The number of aliphatic hydroxyl groups is 3. The fraction of sp³-hybridized carbons (Fsp3) is 0.933. The largest absolute Gasteiger partial charge is 0.460 e. The normalized spacial score (nSPS) is 14.0. The summed E-state index contributed by atoms with van der Waals surface area (Å²) >= 11 is 0. The van der Waals surface area contributed by atoms with Crippen LogP contribution in [-0.4, -0.2) is 46.7 Å². The second-order valence-electron chi connectivity index (χ2n) is 5.23. The Kier molecular flexibility index (Phi) is 12.9. The highest BCUT2D eigenvalue weighted by molar-refractivity contribution is 5.69. The van der Waals surface area contributed by atoms with E-state index in [0.29, 0.717) is 19.3 Å². The Morgan fingerprint density at radius 1 is 1.00 bits per heavy atom. The van der Waals surface area contributed by atoms with Gasteiger partial charge in [-0.3, -0.25) is 4.79 Å². The summed E-state index contributed by atoms with van der Waals surface area (Å²) in [6.45, 7) is 1.60. The van der Waals surface area contributed by atoms with Crippen molar-refractivity contribution < 1.29 is 24.9 Å². The van der Waals surface area contributed by atoms with E-state index in [2.05, 4.69) is 6.92 Å². The molecule has 0 unspecified atom stereocenters. The van der Waals surface area contributed by atoms with Gasteiger partial charge in [0.1, 0.15) is 6.10 Å². The van der Waals surface area contributed by atoms with Crippen molar-refractivity contribution >= 4 is 5.97 Å². The van der Waals surface area contributed by atoms with Gasteiger partial charge in [0.15, 0.2) is 0 Å². The van der Waals surface area contributed by atoms with Crippen molar-refractivity contribution in [1.82, 2.24) is 0 Å².